The summed E-state index contributed by atoms with van der Waals surface area (Å²) in [6, 6.07) is 15.9. The molecule has 0 bridgehead atoms. The molecule has 0 amide bonds. The van der Waals surface area contributed by atoms with E-state index in [0.29, 0.717) is 0 Å². The average molecular weight is 496 g/mol. The van der Waals surface area contributed by atoms with Crippen LogP contribution in [0.5, 0.6) is 0 Å². The molecule has 168 valence electrons. The molecule has 0 spiro atoms. The lowest BCUT2D eigenvalue weighted by Gasteiger charge is -2.22. The minimum atomic E-state index is 0. The second kappa shape index (κ2) is 12.7. The van der Waals surface area contributed by atoms with E-state index in [1.54, 1.807) is 6.21 Å². The molecule has 2 aromatic carbocycles. The van der Waals surface area contributed by atoms with Crippen LogP contribution in [0.15, 0.2) is 87.7 Å². The molecular weight excluding hydrogens is 466 g/mol. The zero-order chi connectivity index (χ0) is 22.1. The van der Waals surface area contributed by atoms with Crippen molar-refractivity contribution in [3.63, 3.8) is 0 Å². The molecular formula is C24H30BrN7. The van der Waals surface area contributed by atoms with Crippen LogP contribution in [0.3, 0.4) is 0 Å². The molecule has 7 nitrogen and oxygen atoms in total. The third-order valence-corrected chi connectivity index (χ3v) is 4.69. The SMILES string of the molecule is CCN(CCn1cc[n+](C)c1)c1ccc(N=Nc2ccc(/C=N/N=C(C)C)cc2)cc1.[Br-]. The molecule has 8 heteroatoms. The summed E-state index contributed by atoms with van der Waals surface area (Å²) in [5, 5.41) is 16.7. The van der Waals surface area contributed by atoms with E-state index in [2.05, 4.69) is 72.2 Å². The van der Waals surface area contributed by atoms with Gasteiger partial charge in [-0.05, 0) is 62.7 Å². The quantitative estimate of drug-likeness (QED) is 0.194. The van der Waals surface area contributed by atoms with Crippen molar-refractivity contribution in [3.05, 3.63) is 72.8 Å². The van der Waals surface area contributed by atoms with Gasteiger partial charge in [-0.1, -0.05) is 12.1 Å². The van der Waals surface area contributed by atoms with Crippen LogP contribution in [0.4, 0.5) is 17.1 Å². The van der Waals surface area contributed by atoms with E-state index in [1.165, 1.54) is 5.69 Å². The summed E-state index contributed by atoms with van der Waals surface area (Å²) in [5.74, 6) is 0. The summed E-state index contributed by atoms with van der Waals surface area (Å²) in [6.07, 6.45) is 7.97. The van der Waals surface area contributed by atoms with Gasteiger partial charge in [-0.2, -0.15) is 20.4 Å². The molecule has 3 rings (SSSR count). The number of anilines is 1. The zero-order valence-electron chi connectivity index (χ0n) is 19.1. The van der Waals surface area contributed by atoms with Crippen molar-refractivity contribution >= 4 is 29.0 Å². The van der Waals surface area contributed by atoms with Gasteiger partial charge in [0.25, 0.3) is 0 Å². The molecule has 32 heavy (non-hydrogen) atoms. The molecule has 0 unspecified atom stereocenters. The second-order valence-electron chi connectivity index (χ2n) is 7.50. The van der Waals surface area contributed by atoms with Gasteiger partial charge >= 0.3 is 0 Å². The molecule has 0 aliphatic rings. The number of likely N-dealkylation sites (N-methyl/N-ethyl adjacent to an activating group) is 1. The normalized spacial score (nSPS) is 11.0. The number of azo groups is 1. The average Bonchev–Trinajstić information content (AvgIpc) is 3.19. The molecule has 3 aromatic rings. The minimum Gasteiger partial charge on any atom is -1.00 e. The molecule has 0 saturated heterocycles. The fourth-order valence-corrected chi connectivity index (χ4v) is 3.02. The number of hydrogen-bond donors (Lipinski definition) is 0. The number of halogens is 1. The highest BCUT2D eigenvalue weighted by Crippen LogP contribution is 2.22. The fraction of sp³-hybridized carbons (Fsp3) is 0.292. The van der Waals surface area contributed by atoms with E-state index in [4.69, 9.17) is 0 Å². The van der Waals surface area contributed by atoms with Crippen LogP contribution in [0.25, 0.3) is 0 Å². The first-order valence-electron chi connectivity index (χ1n) is 10.5. The van der Waals surface area contributed by atoms with Crippen LogP contribution in [-0.4, -0.2) is 29.6 Å². The van der Waals surface area contributed by atoms with Gasteiger partial charge in [0.2, 0.25) is 6.33 Å². The van der Waals surface area contributed by atoms with Crippen molar-refractivity contribution in [2.75, 3.05) is 18.0 Å². The second-order valence-corrected chi connectivity index (χ2v) is 7.50. The first-order valence-corrected chi connectivity index (χ1v) is 10.5. The van der Waals surface area contributed by atoms with E-state index in [0.717, 1.165) is 42.3 Å². The lowest BCUT2D eigenvalue weighted by atomic mass is 10.2. The Morgan fingerprint density at radius 3 is 2.16 bits per heavy atom. The van der Waals surface area contributed by atoms with E-state index < -0.39 is 0 Å². The maximum atomic E-state index is 4.36. The van der Waals surface area contributed by atoms with Crippen LogP contribution in [0.2, 0.25) is 0 Å². The predicted molar refractivity (Wildman–Crippen MR) is 127 cm³/mol. The molecule has 1 aromatic heterocycles. The highest BCUT2D eigenvalue weighted by Gasteiger charge is 2.07. The van der Waals surface area contributed by atoms with Crippen molar-refractivity contribution in [2.45, 2.75) is 27.3 Å². The van der Waals surface area contributed by atoms with Gasteiger partial charge in [0.1, 0.15) is 18.9 Å². The summed E-state index contributed by atoms with van der Waals surface area (Å²) in [4.78, 5) is 2.35. The van der Waals surface area contributed by atoms with Gasteiger partial charge in [0.05, 0.1) is 31.2 Å². The number of aromatic nitrogens is 2. The smallest absolute Gasteiger partial charge is 0.243 e. The Morgan fingerprint density at radius 1 is 1.00 bits per heavy atom. The standard InChI is InChI=1S/C24H30N7.BrH/c1-5-31(17-16-30-15-14-29(4)19-30)24-12-10-23(11-13-24)28-27-22-8-6-21(7-9-22)18-25-26-20(2)3;/h6-15,18-19H,5,16-17H2,1-4H3;1H/q+1;/p-1/b25-18+,28-27?;. The number of imidazole rings is 1. The number of hydrogen-bond acceptors (Lipinski definition) is 5. The topological polar surface area (TPSA) is 61.5 Å². The largest absolute Gasteiger partial charge is 1.00 e. The summed E-state index contributed by atoms with van der Waals surface area (Å²) in [7, 11) is 2.04. The summed E-state index contributed by atoms with van der Waals surface area (Å²) >= 11 is 0. The van der Waals surface area contributed by atoms with E-state index in [1.807, 2.05) is 57.3 Å². The van der Waals surface area contributed by atoms with Crippen LogP contribution in [0, 0.1) is 0 Å². The van der Waals surface area contributed by atoms with E-state index in [9.17, 15) is 0 Å². The van der Waals surface area contributed by atoms with Crippen molar-refractivity contribution in [1.29, 1.82) is 0 Å². The molecule has 0 saturated carbocycles. The number of rotatable bonds is 9. The minimum absolute atomic E-state index is 0. The molecule has 0 radical (unpaired) electrons. The van der Waals surface area contributed by atoms with Crippen molar-refractivity contribution < 1.29 is 21.5 Å². The molecule has 1 heterocycles. The van der Waals surface area contributed by atoms with Crippen molar-refractivity contribution in [2.24, 2.45) is 27.5 Å². The molecule has 0 N–H and O–H groups in total. The summed E-state index contributed by atoms with van der Waals surface area (Å²) < 4.78 is 4.25. The summed E-state index contributed by atoms with van der Waals surface area (Å²) in [5.41, 5.74) is 4.71. The fourth-order valence-electron chi connectivity index (χ4n) is 3.02. The molecule has 0 aliphatic heterocycles. The first-order chi connectivity index (χ1) is 15.0. The van der Waals surface area contributed by atoms with Crippen LogP contribution >= 0.6 is 0 Å². The van der Waals surface area contributed by atoms with Crippen molar-refractivity contribution in [3.8, 4) is 0 Å². The third-order valence-electron chi connectivity index (χ3n) is 4.69. The lowest BCUT2D eigenvalue weighted by Crippen LogP contribution is -3.00. The highest BCUT2D eigenvalue weighted by molar-refractivity contribution is 5.83. The number of aryl methyl sites for hydroxylation is 1. The molecule has 0 atom stereocenters. The van der Waals surface area contributed by atoms with Crippen molar-refractivity contribution in [1.82, 2.24) is 4.57 Å². The zero-order valence-corrected chi connectivity index (χ0v) is 20.6. The van der Waals surface area contributed by atoms with Gasteiger partial charge in [-0.15, -0.1) is 0 Å². The Kier molecular flexibility index (Phi) is 9.94. The van der Waals surface area contributed by atoms with Crippen LogP contribution in [-0.2, 0) is 13.6 Å². The number of benzene rings is 2. The van der Waals surface area contributed by atoms with Gasteiger partial charge in [-0.25, -0.2) is 9.13 Å². The number of nitrogens with zero attached hydrogens (tertiary/aromatic N) is 7. The van der Waals surface area contributed by atoms with Gasteiger partial charge in [-0.3, -0.25) is 0 Å². The van der Waals surface area contributed by atoms with Gasteiger partial charge in [0.15, 0.2) is 0 Å². The maximum Gasteiger partial charge on any atom is 0.243 e. The Hall–Kier alpha value is -3.13. The van der Waals surface area contributed by atoms with E-state index in [-0.39, 0.29) is 17.0 Å². The monoisotopic (exact) mass is 495 g/mol. The Bertz CT molecular complexity index is 1050. The third kappa shape index (κ3) is 7.85. The predicted octanol–water partition coefficient (Wildman–Crippen LogP) is 2.07. The lowest BCUT2D eigenvalue weighted by molar-refractivity contribution is -0.671. The Morgan fingerprint density at radius 2 is 1.62 bits per heavy atom. The van der Waals surface area contributed by atoms with Crippen LogP contribution in [0.1, 0.15) is 26.3 Å². The molecule has 0 aliphatic carbocycles. The molecule has 0 fully saturated rings. The van der Waals surface area contributed by atoms with Gasteiger partial charge in [0, 0.05) is 17.9 Å². The Balaban J connectivity index is 0.00000363. The summed E-state index contributed by atoms with van der Waals surface area (Å²) in [6.45, 7) is 8.85. The Labute approximate surface area is 200 Å². The van der Waals surface area contributed by atoms with Gasteiger partial charge < -0.3 is 21.9 Å². The highest BCUT2D eigenvalue weighted by atomic mass is 79.9. The maximum absolute atomic E-state index is 4.36. The first kappa shape index (κ1) is 25.1. The van der Waals surface area contributed by atoms with Crippen LogP contribution < -0.4 is 26.4 Å². The van der Waals surface area contributed by atoms with E-state index >= 15 is 0 Å².